The molecule has 0 amide bonds. The minimum atomic E-state index is 0.232. The number of nitrogens with zero attached hydrogens (tertiary/aromatic N) is 1. The van der Waals surface area contributed by atoms with Crippen molar-refractivity contribution in [3.8, 4) is 0 Å². The molecule has 18 heavy (non-hydrogen) atoms. The molecule has 2 N–H and O–H groups in total. The summed E-state index contributed by atoms with van der Waals surface area (Å²) in [6, 6.07) is 0. The van der Waals surface area contributed by atoms with Crippen molar-refractivity contribution in [2.24, 2.45) is 5.73 Å². The second-order valence-corrected chi connectivity index (χ2v) is 6.14. The quantitative estimate of drug-likeness (QED) is 0.841. The number of likely N-dealkylation sites (tertiary alicyclic amines) is 1. The zero-order chi connectivity index (χ0) is 12.8. The lowest BCUT2D eigenvalue weighted by atomic mass is 9.78. The first kappa shape index (κ1) is 14.3. The summed E-state index contributed by atoms with van der Waals surface area (Å²) in [6.07, 6.45) is 12.2. The number of hydrogen-bond donors (Lipinski definition) is 1. The van der Waals surface area contributed by atoms with Crippen LogP contribution in [0.25, 0.3) is 0 Å². The summed E-state index contributed by atoms with van der Waals surface area (Å²) >= 11 is 0. The van der Waals surface area contributed by atoms with Gasteiger partial charge in [0.25, 0.3) is 0 Å². The minimum Gasteiger partial charge on any atom is -0.381 e. The van der Waals surface area contributed by atoms with Crippen molar-refractivity contribution in [3.63, 3.8) is 0 Å². The van der Waals surface area contributed by atoms with Gasteiger partial charge in [0.2, 0.25) is 0 Å². The molecule has 2 unspecified atom stereocenters. The van der Waals surface area contributed by atoms with Gasteiger partial charge < -0.3 is 10.5 Å². The van der Waals surface area contributed by atoms with Gasteiger partial charge in [-0.25, -0.2) is 0 Å². The Balaban J connectivity index is 2.03. The SMILES string of the molecule is COC1CCCC(CN)(N2CCCCCCC2)C1. The van der Waals surface area contributed by atoms with Crippen LogP contribution in [0.15, 0.2) is 0 Å². The fraction of sp³-hybridized carbons (Fsp3) is 1.00. The highest BCUT2D eigenvalue weighted by Gasteiger charge is 2.40. The van der Waals surface area contributed by atoms with Gasteiger partial charge in [-0.3, -0.25) is 4.90 Å². The molecule has 2 atom stereocenters. The highest BCUT2D eigenvalue weighted by atomic mass is 16.5. The largest absolute Gasteiger partial charge is 0.381 e. The predicted molar refractivity (Wildman–Crippen MR) is 75.7 cm³/mol. The molecule has 1 saturated heterocycles. The Morgan fingerprint density at radius 2 is 1.78 bits per heavy atom. The normalized spacial score (nSPS) is 36.0. The van der Waals surface area contributed by atoms with Crippen LogP contribution in [0.5, 0.6) is 0 Å². The van der Waals surface area contributed by atoms with Gasteiger partial charge in [-0.15, -0.1) is 0 Å². The second-order valence-electron chi connectivity index (χ2n) is 6.14. The Kier molecular flexibility index (Phi) is 5.46. The summed E-state index contributed by atoms with van der Waals surface area (Å²) in [6.45, 7) is 3.29. The Morgan fingerprint density at radius 3 is 2.39 bits per heavy atom. The van der Waals surface area contributed by atoms with Gasteiger partial charge in [0.05, 0.1) is 6.10 Å². The molecule has 0 aromatic carbocycles. The molecule has 3 heteroatoms. The maximum absolute atomic E-state index is 6.18. The van der Waals surface area contributed by atoms with Crippen LogP contribution >= 0.6 is 0 Å². The Labute approximate surface area is 112 Å². The van der Waals surface area contributed by atoms with Crippen LogP contribution in [0.4, 0.5) is 0 Å². The monoisotopic (exact) mass is 254 g/mol. The third-order valence-corrected chi connectivity index (χ3v) is 5.02. The second kappa shape index (κ2) is 6.88. The van der Waals surface area contributed by atoms with Gasteiger partial charge in [0.15, 0.2) is 0 Å². The average Bonchev–Trinajstić information content (AvgIpc) is 2.38. The van der Waals surface area contributed by atoms with Gasteiger partial charge in [0.1, 0.15) is 0 Å². The molecule has 1 heterocycles. The number of ether oxygens (including phenoxy) is 1. The van der Waals surface area contributed by atoms with E-state index in [1.165, 1.54) is 64.5 Å². The molecule has 1 saturated carbocycles. The molecule has 2 aliphatic rings. The predicted octanol–water partition coefficient (Wildman–Crippen LogP) is 2.54. The average molecular weight is 254 g/mol. The minimum absolute atomic E-state index is 0.232. The van der Waals surface area contributed by atoms with E-state index in [0.29, 0.717) is 6.10 Å². The van der Waals surface area contributed by atoms with E-state index >= 15 is 0 Å². The molecule has 1 aliphatic heterocycles. The van der Waals surface area contributed by atoms with Crippen LogP contribution in [-0.4, -0.2) is 43.3 Å². The van der Waals surface area contributed by atoms with Crippen LogP contribution in [0, 0.1) is 0 Å². The first-order valence-electron chi connectivity index (χ1n) is 7.79. The van der Waals surface area contributed by atoms with E-state index < -0.39 is 0 Å². The highest BCUT2D eigenvalue weighted by Crippen LogP contribution is 2.35. The lowest BCUT2D eigenvalue weighted by Crippen LogP contribution is -2.58. The zero-order valence-corrected chi connectivity index (χ0v) is 12.0. The van der Waals surface area contributed by atoms with E-state index in [2.05, 4.69) is 4.90 Å². The standard InChI is InChI=1S/C15H30N2O/c1-18-14-8-7-9-15(12-14,13-16)17-10-5-3-2-4-6-11-17/h14H,2-13,16H2,1H3. The Hall–Kier alpha value is -0.120. The zero-order valence-electron chi connectivity index (χ0n) is 12.0. The summed E-state index contributed by atoms with van der Waals surface area (Å²) in [5.74, 6) is 0. The molecule has 0 aromatic rings. The molecule has 0 bridgehead atoms. The van der Waals surface area contributed by atoms with Crippen molar-refractivity contribution >= 4 is 0 Å². The molecular weight excluding hydrogens is 224 g/mol. The molecule has 0 aromatic heterocycles. The van der Waals surface area contributed by atoms with E-state index in [0.717, 1.165) is 13.0 Å². The van der Waals surface area contributed by atoms with Crippen molar-refractivity contribution < 1.29 is 4.74 Å². The van der Waals surface area contributed by atoms with Crippen molar-refractivity contribution in [3.05, 3.63) is 0 Å². The van der Waals surface area contributed by atoms with Gasteiger partial charge in [-0.1, -0.05) is 19.3 Å². The molecule has 0 spiro atoms. The molecule has 106 valence electrons. The summed E-state index contributed by atoms with van der Waals surface area (Å²) < 4.78 is 5.61. The van der Waals surface area contributed by atoms with Gasteiger partial charge in [0, 0.05) is 19.2 Å². The van der Waals surface area contributed by atoms with E-state index in [9.17, 15) is 0 Å². The van der Waals surface area contributed by atoms with Crippen LogP contribution in [-0.2, 0) is 4.74 Å². The van der Waals surface area contributed by atoms with Crippen molar-refractivity contribution in [2.45, 2.75) is 69.4 Å². The van der Waals surface area contributed by atoms with Crippen molar-refractivity contribution in [1.29, 1.82) is 0 Å². The van der Waals surface area contributed by atoms with Crippen molar-refractivity contribution in [1.82, 2.24) is 4.90 Å². The molecule has 3 nitrogen and oxygen atoms in total. The lowest BCUT2D eigenvalue weighted by Gasteiger charge is -2.48. The molecular formula is C15H30N2O. The third-order valence-electron chi connectivity index (χ3n) is 5.02. The fourth-order valence-corrected chi connectivity index (χ4v) is 3.81. The van der Waals surface area contributed by atoms with Gasteiger partial charge in [-0.2, -0.15) is 0 Å². The van der Waals surface area contributed by atoms with E-state index in [1.54, 1.807) is 0 Å². The van der Waals surface area contributed by atoms with Crippen LogP contribution in [0.3, 0.4) is 0 Å². The molecule has 0 radical (unpaired) electrons. The number of rotatable bonds is 3. The van der Waals surface area contributed by atoms with Gasteiger partial charge in [-0.05, 0) is 51.6 Å². The first-order valence-corrected chi connectivity index (χ1v) is 7.79. The summed E-state index contributed by atoms with van der Waals surface area (Å²) in [5.41, 5.74) is 6.41. The highest BCUT2D eigenvalue weighted by molar-refractivity contribution is 4.97. The number of hydrogen-bond acceptors (Lipinski definition) is 3. The van der Waals surface area contributed by atoms with Crippen LogP contribution in [0.2, 0.25) is 0 Å². The van der Waals surface area contributed by atoms with Crippen LogP contribution < -0.4 is 5.73 Å². The summed E-state index contributed by atoms with van der Waals surface area (Å²) in [4.78, 5) is 2.71. The van der Waals surface area contributed by atoms with Crippen molar-refractivity contribution in [2.75, 3.05) is 26.7 Å². The first-order chi connectivity index (χ1) is 8.80. The van der Waals surface area contributed by atoms with E-state index in [-0.39, 0.29) is 5.54 Å². The lowest BCUT2D eigenvalue weighted by molar-refractivity contribution is -0.0247. The topological polar surface area (TPSA) is 38.5 Å². The fourth-order valence-electron chi connectivity index (χ4n) is 3.81. The van der Waals surface area contributed by atoms with E-state index in [1.807, 2.05) is 7.11 Å². The summed E-state index contributed by atoms with van der Waals surface area (Å²) in [5, 5.41) is 0. The number of nitrogens with two attached hydrogens (primary N) is 1. The molecule has 2 fully saturated rings. The molecule has 1 aliphatic carbocycles. The maximum atomic E-state index is 6.18. The Morgan fingerprint density at radius 1 is 1.11 bits per heavy atom. The third kappa shape index (κ3) is 3.25. The molecule has 2 rings (SSSR count). The van der Waals surface area contributed by atoms with Crippen LogP contribution in [0.1, 0.15) is 57.8 Å². The van der Waals surface area contributed by atoms with Gasteiger partial charge >= 0.3 is 0 Å². The summed E-state index contributed by atoms with van der Waals surface area (Å²) in [7, 11) is 1.85. The smallest absolute Gasteiger partial charge is 0.0589 e. The maximum Gasteiger partial charge on any atom is 0.0589 e. The van der Waals surface area contributed by atoms with E-state index in [4.69, 9.17) is 10.5 Å². The number of methoxy groups -OCH3 is 1. The Bertz CT molecular complexity index is 239.